The molecule has 0 amide bonds. The molecule has 0 bridgehead atoms. The summed E-state index contributed by atoms with van der Waals surface area (Å²) in [5.41, 5.74) is 0. The van der Waals surface area contributed by atoms with Gasteiger partial charge in [-0.05, 0) is 12.8 Å². The van der Waals surface area contributed by atoms with Crippen LogP contribution < -0.4 is 0 Å². The van der Waals surface area contributed by atoms with Gasteiger partial charge in [-0.25, -0.2) is 0 Å². The molecule has 0 aromatic rings. The zero-order chi connectivity index (χ0) is 9.07. The van der Waals surface area contributed by atoms with E-state index in [0.29, 0.717) is 0 Å². The predicted octanol–water partition coefficient (Wildman–Crippen LogP) is 3.59. The second kappa shape index (κ2) is 11.7. The molecule has 0 aliphatic rings. The topological polar surface area (TPSA) is 9.23 Å². The Balaban J connectivity index is 2.73. The van der Waals surface area contributed by atoms with Crippen LogP contribution >= 0.6 is 21.6 Å². The third kappa shape index (κ3) is 10.7. The molecule has 0 fully saturated rings. The van der Waals surface area contributed by atoms with Crippen LogP contribution in [0, 0.1) is 0 Å². The molecule has 74 valence electrons. The fraction of sp³-hybridized carbons (Fsp3) is 1.00. The summed E-state index contributed by atoms with van der Waals surface area (Å²) in [6.07, 6.45) is 5.27. The average molecular weight is 208 g/mol. The number of rotatable bonds is 9. The second-order valence-corrected chi connectivity index (χ2v) is 5.51. The first-order valence-corrected chi connectivity index (χ1v) is 7.14. The molecule has 0 heterocycles. The smallest absolute Gasteiger partial charge is 0.0462 e. The SMILES string of the molecule is CCSSCCCCCCOC. The van der Waals surface area contributed by atoms with Crippen LogP contribution in [0.15, 0.2) is 0 Å². The molecule has 0 radical (unpaired) electrons. The van der Waals surface area contributed by atoms with Crippen molar-refractivity contribution in [3.05, 3.63) is 0 Å². The van der Waals surface area contributed by atoms with E-state index in [1.807, 2.05) is 21.6 Å². The molecule has 0 saturated carbocycles. The van der Waals surface area contributed by atoms with Crippen molar-refractivity contribution in [3.8, 4) is 0 Å². The zero-order valence-corrected chi connectivity index (χ0v) is 9.81. The monoisotopic (exact) mass is 208 g/mol. The summed E-state index contributed by atoms with van der Waals surface area (Å²) in [6, 6.07) is 0. The molecule has 0 aliphatic heterocycles. The van der Waals surface area contributed by atoms with E-state index >= 15 is 0 Å². The summed E-state index contributed by atoms with van der Waals surface area (Å²) in [7, 11) is 5.74. The van der Waals surface area contributed by atoms with Crippen LogP contribution in [0.1, 0.15) is 32.6 Å². The minimum Gasteiger partial charge on any atom is -0.385 e. The van der Waals surface area contributed by atoms with E-state index in [0.717, 1.165) is 6.61 Å². The Morgan fingerprint density at radius 3 is 2.42 bits per heavy atom. The van der Waals surface area contributed by atoms with Crippen LogP contribution in [0.5, 0.6) is 0 Å². The van der Waals surface area contributed by atoms with E-state index in [2.05, 4.69) is 6.92 Å². The highest BCUT2D eigenvalue weighted by molar-refractivity contribution is 8.76. The molecule has 12 heavy (non-hydrogen) atoms. The van der Waals surface area contributed by atoms with Crippen molar-refractivity contribution < 1.29 is 4.74 Å². The van der Waals surface area contributed by atoms with Gasteiger partial charge in [0.15, 0.2) is 0 Å². The molecular formula is C9H20OS2. The molecule has 3 heteroatoms. The number of hydrogen-bond acceptors (Lipinski definition) is 3. The van der Waals surface area contributed by atoms with E-state index in [-0.39, 0.29) is 0 Å². The molecule has 0 spiro atoms. The largest absolute Gasteiger partial charge is 0.385 e. The highest BCUT2D eigenvalue weighted by Crippen LogP contribution is 2.21. The predicted molar refractivity (Wildman–Crippen MR) is 60.9 cm³/mol. The van der Waals surface area contributed by atoms with Crippen LogP contribution in [-0.2, 0) is 4.74 Å². The van der Waals surface area contributed by atoms with Gasteiger partial charge in [-0.15, -0.1) is 0 Å². The molecular weight excluding hydrogens is 188 g/mol. The fourth-order valence-corrected chi connectivity index (χ4v) is 2.72. The van der Waals surface area contributed by atoms with Gasteiger partial charge in [0.25, 0.3) is 0 Å². The second-order valence-electron chi connectivity index (χ2n) is 2.64. The van der Waals surface area contributed by atoms with Gasteiger partial charge in [-0.1, -0.05) is 41.4 Å². The van der Waals surface area contributed by atoms with Crippen LogP contribution in [0.4, 0.5) is 0 Å². The Kier molecular flexibility index (Phi) is 12.3. The summed E-state index contributed by atoms with van der Waals surface area (Å²) < 4.78 is 4.98. The van der Waals surface area contributed by atoms with Crippen LogP contribution in [-0.4, -0.2) is 25.2 Å². The Bertz CT molecular complexity index is 68.9. The molecule has 0 aromatic heterocycles. The normalized spacial score (nSPS) is 10.5. The first kappa shape index (κ1) is 12.7. The number of hydrogen-bond donors (Lipinski definition) is 0. The van der Waals surface area contributed by atoms with Gasteiger partial charge in [0.05, 0.1) is 0 Å². The van der Waals surface area contributed by atoms with Gasteiger partial charge in [0, 0.05) is 25.2 Å². The van der Waals surface area contributed by atoms with Crippen LogP contribution in [0.25, 0.3) is 0 Å². The molecule has 1 nitrogen and oxygen atoms in total. The minimum absolute atomic E-state index is 0.927. The maximum Gasteiger partial charge on any atom is 0.0462 e. The third-order valence-electron chi connectivity index (χ3n) is 1.53. The number of ether oxygens (including phenoxy) is 1. The highest BCUT2D eigenvalue weighted by atomic mass is 33.1. The molecule has 0 atom stereocenters. The Labute approximate surface area is 84.4 Å². The lowest BCUT2D eigenvalue weighted by molar-refractivity contribution is 0.192. The molecule has 0 unspecified atom stereocenters. The molecule has 0 saturated heterocycles. The fourth-order valence-electron chi connectivity index (χ4n) is 0.903. The lowest BCUT2D eigenvalue weighted by Crippen LogP contribution is -1.88. The van der Waals surface area contributed by atoms with Crippen molar-refractivity contribution in [2.24, 2.45) is 0 Å². The van der Waals surface area contributed by atoms with E-state index in [1.54, 1.807) is 7.11 Å². The van der Waals surface area contributed by atoms with E-state index in [1.165, 1.54) is 37.2 Å². The summed E-state index contributed by atoms with van der Waals surface area (Å²) >= 11 is 0. The summed E-state index contributed by atoms with van der Waals surface area (Å²) in [6.45, 7) is 3.13. The molecule has 0 aromatic carbocycles. The van der Waals surface area contributed by atoms with Crippen molar-refractivity contribution in [2.75, 3.05) is 25.2 Å². The van der Waals surface area contributed by atoms with Crippen molar-refractivity contribution in [1.82, 2.24) is 0 Å². The Morgan fingerprint density at radius 1 is 1.00 bits per heavy atom. The standard InChI is InChI=1S/C9H20OS2/c1-3-11-12-9-7-5-4-6-8-10-2/h3-9H2,1-2H3. The van der Waals surface area contributed by atoms with E-state index in [9.17, 15) is 0 Å². The number of methoxy groups -OCH3 is 1. The Hall–Kier alpha value is 0.660. The average Bonchev–Trinajstić information content (AvgIpc) is 2.10. The quantitative estimate of drug-likeness (QED) is 0.423. The Morgan fingerprint density at radius 2 is 1.75 bits per heavy atom. The molecule has 0 rings (SSSR count). The van der Waals surface area contributed by atoms with Crippen molar-refractivity contribution in [1.29, 1.82) is 0 Å². The zero-order valence-electron chi connectivity index (χ0n) is 8.17. The van der Waals surface area contributed by atoms with Gasteiger partial charge in [-0.3, -0.25) is 0 Å². The summed E-state index contributed by atoms with van der Waals surface area (Å²) in [5.74, 6) is 2.54. The van der Waals surface area contributed by atoms with E-state index in [4.69, 9.17) is 4.74 Å². The van der Waals surface area contributed by atoms with Crippen molar-refractivity contribution >= 4 is 21.6 Å². The summed E-state index contributed by atoms with van der Waals surface area (Å²) in [5, 5.41) is 0. The van der Waals surface area contributed by atoms with Gasteiger partial charge in [0.2, 0.25) is 0 Å². The maximum atomic E-state index is 4.98. The van der Waals surface area contributed by atoms with Crippen LogP contribution in [0.2, 0.25) is 0 Å². The minimum atomic E-state index is 0.927. The van der Waals surface area contributed by atoms with Gasteiger partial charge in [-0.2, -0.15) is 0 Å². The lowest BCUT2D eigenvalue weighted by atomic mass is 10.2. The lowest BCUT2D eigenvalue weighted by Gasteiger charge is -2.00. The van der Waals surface area contributed by atoms with E-state index < -0.39 is 0 Å². The highest BCUT2D eigenvalue weighted by Gasteiger charge is 1.90. The van der Waals surface area contributed by atoms with Gasteiger partial charge < -0.3 is 4.74 Å². The maximum absolute atomic E-state index is 4.98. The first-order chi connectivity index (χ1) is 5.91. The van der Waals surface area contributed by atoms with Crippen LogP contribution in [0.3, 0.4) is 0 Å². The molecule has 0 N–H and O–H groups in total. The van der Waals surface area contributed by atoms with Crippen molar-refractivity contribution in [2.45, 2.75) is 32.6 Å². The van der Waals surface area contributed by atoms with Gasteiger partial charge in [0.1, 0.15) is 0 Å². The first-order valence-electron chi connectivity index (χ1n) is 4.65. The van der Waals surface area contributed by atoms with Gasteiger partial charge >= 0.3 is 0 Å². The molecule has 0 aliphatic carbocycles. The third-order valence-corrected chi connectivity index (χ3v) is 4.09. The van der Waals surface area contributed by atoms with Crippen molar-refractivity contribution in [3.63, 3.8) is 0 Å². The summed E-state index contributed by atoms with van der Waals surface area (Å²) in [4.78, 5) is 0. The number of unbranched alkanes of at least 4 members (excludes halogenated alkanes) is 3.